The maximum atomic E-state index is 6.04. The Labute approximate surface area is 116 Å². The zero-order valence-electron chi connectivity index (χ0n) is 12.9. The van der Waals surface area contributed by atoms with Gasteiger partial charge in [0.15, 0.2) is 0 Å². The first kappa shape index (κ1) is 15.8. The molecule has 0 amide bonds. The van der Waals surface area contributed by atoms with Crippen LogP contribution >= 0.6 is 0 Å². The van der Waals surface area contributed by atoms with E-state index in [4.69, 9.17) is 15.2 Å². The molecule has 0 fully saturated rings. The van der Waals surface area contributed by atoms with E-state index in [0.717, 1.165) is 35.7 Å². The zero-order valence-corrected chi connectivity index (χ0v) is 12.9. The van der Waals surface area contributed by atoms with E-state index in [1.165, 1.54) is 0 Å². The summed E-state index contributed by atoms with van der Waals surface area (Å²) >= 11 is 0. The molecule has 1 rings (SSSR count). The van der Waals surface area contributed by atoms with Crippen LogP contribution in [0, 0.1) is 6.92 Å². The molecule has 108 valence electrons. The minimum Gasteiger partial charge on any atom is -0.496 e. The molecule has 0 aliphatic carbocycles. The first-order valence-corrected chi connectivity index (χ1v) is 6.46. The molecule has 0 saturated heterocycles. The second-order valence-electron chi connectivity index (χ2n) is 5.75. The molecular weight excluding hydrogens is 240 g/mol. The number of hydrogen-bond acceptors (Lipinski definition) is 4. The van der Waals surface area contributed by atoms with Crippen molar-refractivity contribution in [2.75, 3.05) is 27.8 Å². The summed E-state index contributed by atoms with van der Waals surface area (Å²) < 4.78 is 10.8. The maximum Gasteiger partial charge on any atom is 0.129 e. The molecule has 0 heterocycles. The second-order valence-corrected chi connectivity index (χ2v) is 5.75. The number of benzene rings is 1. The Kier molecular flexibility index (Phi) is 5.20. The fraction of sp³-hybridized carbons (Fsp3) is 0.600. The lowest BCUT2D eigenvalue weighted by Crippen LogP contribution is -2.43. The standard InChI is InChI=1S/C15H26N2O2/c1-11-13(18-5)8-7-12(14(11)19-6)9-17(4)10-15(2,3)16/h7-8H,9-10,16H2,1-6H3. The first-order chi connectivity index (χ1) is 8.78. The van der Waals surface area contributed by atoms with Crippen LogP contribution in [-0.4, -0.2) is 38.3 Å². The average molecular weight is 266 g/mol. The lowest BCUT2D eigenvalue weighted by Gasteiger charge is -2.27. The smallest absolute Gasteiger partial charge is 0.129 e. The van der Waals surface area contributed by atoms with Gasteiger partial charge in [-0.2, -0.15) is 0 Å². The van der Waals surface area contributed by atoms with Crippen molar-refractivity contribution in [1.29, 1.82) is 0 Å². The molecule has 2 N–H and O–H groups in total. The van der Waals surface area contributed by atoms with E-state index in [-0.39, 0.29) is 5.54 Å². The van der Waals surface area contributed by atoms with Crippen LogP contribution < -0.4 is 15.2 Å². The summed E-state index contributed by atoms with van der Waals surface area (Å²) in [4.78, 5) is 2.20. The molecule has 0 spiro atoms. The minimum atomic E-state index is -0.205. The van der Waals surface area contributed by atoms with Crippen molar-refractivity contribution in [3.05, 3.63) is 23.3 Å². The second kappa shape index (κ2) is 6.26. The summed E-state index contributed by atoms with van der Waals surface area (Å²) in [6.07, 6.45) is 0. The van der Waals surface area contributed by atoms with Gasteiger partial charge < -0.3 is 20.1 Å². The number of nitrogens with two attached hydrogens (primary N) is 1. The van der Waals surface area contributed by atoms with E-state index in [1.54, 1.807) is 14.2 Å². The van der Waals surface area contributed by atoms with E-state index in [1.807, 2.05) is 32.9 Å². The number of likely N-dealkylation sites (N-methyl/N-ethyl adjacent to an activating group) is 1. The van der Waals surface area contributed by atoms with Crippen LogP contribution in [0.4, 0.5) is 0 Å². The van der Waals surface area contributed by atoms with Crippen molar-refractivity contribution in [3.8, 4) is 11.5 Å². The molecule has 0 unspecified atom stereocenters. The molecule has 0 aliphatic heterocycles. The summed E-state index contributed by atoms with van der Waals surface area (Å²) in [5.74, 6) is 1.74. The Morgan fingerprint density at radius 1 is 1.21 bits per heavy atom. The van der Waals surface area contributed by atoms with Crippen molar-refractivity contribution < 1.29 is 9.47 Å². The van der Waals surface area contributed by atoms with Crippen molar-refractivity contribution in [3.63, 3.8) is 0 Å². The van der Waals surface area contributed by atoms with Gasteiger partial charge in [-0.25, -0.2) is 0 Å². The van der Waals surface area contributed by atoms with Crippen LogP contribution in [0.15, 0.2) is 12.1 Å². The SMILES string of the molecule is COc1ccc(CN(C)CC(C)(C)N)c(OC)c1C. The van der Waals surface area contributed by atoms with Gasteiger partial charge in [-0.3, -0.25) is 0 Å². The van der Waals surface area contributed by atoms with Gasteiger partial charge in [0.2, 0.25) is 0 Å². The summed E-state index contributed by atoms with van der Waals surface area (Å²) in [5, 5.41) is 0. The van der Waals surface area contributed by atoms with Crippen LogP contribution in [0.5, 0.6) is 11.5 Å². The molecule has 1 aromatic rings. The molecule has 0 atom stereocenters. The van der Waals surface area contributed by atoms with Crippen molar-refractivity contribution >= 4 is 0 Å². The Bertz CT molecular complexity index is 425. The Balaban J connectivity index is 2.92. The van der Waals surface area contributed by atoms with Crippen LogP contribution in [0.3, 0.4) is 0 Å². The van der Waals surface area contributed by atoms with Crippen LogP contribution in [0.25, 0.3) is 0 Å². The molecule has 4 heteroatoms. The highest BCUT2D eigenvalue weighted by molar-refractivity contribution is 5.49. The third-order valence-electron chi connectivity index (χ3n) is 2.98. The number of hydrogen-bond donors (Lipinski definition) is 1. The largest absolute Gasteiger partial charge is 0.496 e. The zero-order chi connectivity index (χ0) is 14.6. The molecule has 0 aliphatic rings. The Hall–Kier alpha value is -1.26. The number of ether oxygens (including phenoxy) is 2. The van der Waals surface area contributed by atoms with Gasteiger partial charge in [0.1, 0.15) is 11.5 Å². The average Bonchev–Trinajstić information content (AvgIpc) is 2.27. The fourth-order valence-electron chi connectivity index (χ4n) is 2.40. The highest BCUT2D eigenvalue weighted by atomic mass is 16.5. The highest BCUT2D eigenvalue weighted by Gasteiger charge is 2.17. The van der Waals surface area contributed by atoms with Gasteiger partial charge in [0.05, 0.1) is 14.2 Å². The molecule has 0 aromatic heterocycles. The van der Waals surface area contributed by atoms with Gasteiger partial charge in [0.25, 0.3) is 0 Å². The topological polar surface area (TPSA) is 47.7 Å². The van der Waals surface area contributed by atoms with Gasteiger partial charge in [-0.15, -0.1) is 0 Å². The van der Waals surface area contributed by atoms with Gasteiger partial charge in [0, 0.05) is 29.8 Å². The summed E-state index contributed by atoms with van der Waals surface area (Å²) in [6, 6.07) is 4.03. The lowest BCUT2D eigenvalue weighted by molar-refractivity contribution is 0.259. The number of nitrogens with zero attached hydrogens (tertiary/aromatic N) is 1. The quantitative estimate of drug-likeness (QED) is 0.857. The maximum absolute atomic E-state index is 6.04. The molecule has 19 heavy (non-hydrogen) atoms. The van der Waals surface area contributed by atoms with E-state index in [9.17, 15) is 0 Å². The molecule has 0 bridgehead atoms. The van der Waals surface area contributed by atoms with Gasteiger partial charge in [-0.05, 0) is 33.9 Å². The summed E-state index contributed by atoms with van der Waals surface area (Å²) in [5.41, 5.74) is 8.01. The molecule has 1 aromatic carbocycles. The molecule has 0 radical (unpaired) electrons. The highest BCUT2D eigenvalue weighted by Crippen LogP contribution is 2.31. The summed E-state index contributed by atoms with van der Waals surface area (Å²) in [6.45, 7) is 7.68. The fourth-order valence-corrected chi connectivity index (χ4v) is 2.40. The predicted molar refractivity (Wildman–Crippen MR) is 78.9 cm³/mol. The normalized spacial score (nSPS) is 11.8. The Morgan fingerprint density at radius 2 is 1.84 bits per heavy atom. The number of rotatable bonds is 6. The Morgan fingerprint density at radius 3 is 2.32 bits per heavy atom. The van der Waals surface area contributed by atoms with Crippen molar-refractivity contribution in [2.45, 2.75) is 32.9 Å². The number of methoxy groups -OCH3 is 2. The third-order valence-corrected chi connectivity index (χ3v) is 2.98. The van der Waals surface area contributed by atoms with Crippen molar-refractivity contribution in [1.82, 2.24) is 4.90 Å². The molecule has 4 nitrogen and oxygen atoms in total. The third kappa shape index (κ3) is 4.40. The summed E-state index contributed by atoms with van der Waals surface area (Å²) in [7, 11) is 5.43. The predicted octanol–water partition coefficient (Wildman–Crippen LogP) is 2.18. The molecular formula is C15H26N2O2. The minimum absolute atomic E-state index is 0.205. The van der Waals surface area contributed by atoms with Gasteiger partial charge in [-0.1, -0.05) is 6.07 Å². The van der Waals surface area contributed by atoms with Crippen LogP contribution in [0.2, 0.25) is 0 Å². The van der Waals surface area contributed by atoms with Crippen molar-refractivity contribution in [2.24, 2.45) is 5.73 Å². The van der Waals surface area contributed by atoms with E-state index < -0.39 is 0 Å². The molecule has 0 saturated carbocycles. The van der Waals surface area contributed by atoms with E-state index in [0.29, 0.717) is 0 Å². The monoisotopic (exact) mass is 266 g/mol. The van der Waals surface area contributed by atoms with E-state index >= 15 is 0 Å². The van der Waals surface area contributed by atoms with Crippen LogP contribution in [0.1, 0.15) is 25.0 Å². The first-order valence-electron chi connectivity index (χ1n) is 6.46. The van der Waals surface area contributed by atoms with Gasteiger partial charge >= 0.3 is 0 Å². The lowest BCUT2D eigenvalue weighted by atomic mass is 10.1. The van der Waals surface area contributed by atoms with Crippen LogP contribution in [-0.2, 0) is 6.54 Å². The van der Waals surface area contributed by atoms with E-state index in [2.05, 4.69) is 11.9 Å².